The Morgan fingerprint density at radius 3 is 1.25 bits per heavy atom. The molecule has 0 bridgehead atoms. The Bertz CT molecular complexity index is 582. The van der Waals surface area contributed by atoms with Crippen LogP contribution in [0.1, 0.15) is 25.0 Å². The highest BCUT2D eigenvalue weighted by Gasteiger charge is 1.99. The van der Waals surface area contributed by atoms with Gasteiger partial charge in [-0.2, -0.15) is 10.2 Å². The second kappa shape index (κ2) is 6.95. The lowest BCUT2D eigenvalue weighted by molar-refractivity contribution is 1.22. The van der Waals surface area contributed by atoms with Crippen LogP contribution in [0.25, 0.3) is 0 Å². The predicted molar refractivity (Wildman–Crippen MR) is 92.7 cm³/mol. The molecule has 0 N–H and O–H groups in total. The first-order valence-corrected chi connectivity index (χ1v) is 7.75. The summed E-state index contributed by atoms with van der Waals surface area (Å²) in [5.74, 6) is 0. The summed E-state index contributed by atoms with van der Waals surface area (Å²) in [6.07, 6.45) is 0. The minimum atomic E-state index is 0.897. The van der Waals surface area contributed by atoms with Gasteiger partial charge in [-0.05, 0) is 49.2 Å². The fraction of sp³-hybridized carbons (Fsp3) is 0.125. The van der Waals surface area contributed by atoms with Gasteiger partial charge in [-0.25, -0.2) is 0 Å². The molecule has 0 aliphatic heterocycles. The molecule has 2 nitrogen and oxygen atoms in total. The van der Waals surface area contributed by atoms with Crippen molar-refractivity contribution in [3.63, 3.8) is 0 Å². The van der Waals surface area contributed by atoms with E-state index < -0.39 is 0 Å². The lowest BCUT2D eigenvalue weighted by atomic mass is 10.1. The molecule has 0 aromatic heterocycles. The maximum absolute atomic E-state index is 4.30. The van der Waals surface area contributed by atoms with Gasteiger partial charge in [0, 0.05) is 8.95 Å². The van der Waals surface area contributed by atoms with Gasteiger partial charge in [0.25, 0.3) is 0 Å². The molecule has 2 rings (SSSR count). The molecule has 0 aliphatic carbocycles. The van der Waals surface area contributed by atoms with Crippen LogP contribution in [0, 0.1) is 0 Å². The van der Waals surface area contributed by atoms with Crippen molar-refractivity contribution < 1.29 is 0 Å². The first-order chi connectivity index (χ1) is 9.56. The van der Waals surface area contributed by atoms with Gasteiger partial charge >= 0.3 is 0 Å². The Hall–Kier alpha value is -1.26. The lowest BCUT2D eigenvalue weighted by Crippen LogP contribution is -1.96. The van der Waals surface area contributed by atoms with Crippen LogP contribution in [-0.4, -0.2) is 11.4 Å². The molecule has 102 valence electrons. The summed E-state index contributed by atoms with van der Waals surface area (Å²) in [6, 6.07) is 16.1. The van der Waals surface area contributed by atoms with E-state index in [9.17, 15) is 0 Å². The van der Waals surface area contributed by atoms with E-state index in [1.165, 1.54) is 0 Å². The molecule has 0 saturated heterocycles. The minimum Gasteiger partial charge on any atom is -0.155 e. The third kappa shape index (κ3) is 4.12. The molecule has 2 aromatic rings. The first-order valence-electron chi connectivity index (χ1n) is 6.17. The van der Waals surface area contributed by atoms with Gasteiger partial charge in [0.15, 0.2) is 0 Å². The molecule has 0 amide bonds. The fourth-order valence-electron chi connectivity index (χ4n) is 1.65. The average molecular weight is 394 g/mol. The normalized spacial score (nSPS) is 12.6. The molecule has 0 radical (unpaired) electrons. The number of halogens is 2. The molecule has 20 heavy (non-hydrogen) atoms. The van der Waals surface area contributed by atoms with Crippen LogP contribution in [0.15, 0.2) is 67.7 Å². The summed E-state index contributed by atoms with van der Waals surface area (Å²) in [6.45, 7) is 3.92. The second-order valence-electron chi connectivity index (χ2n) is 4.38. The van der Waals surface area contributed by atoms with Gasteiger partial charge in [0.05, 0.1) is 11.4 Å². The molecule has 0 spiro atoms. The van der Waals surface area contributed by atoms with E-state index in [-0.39, 0.29) is 0 Å². The molecular weight excluding hydrogens is 380 g/mol. The Morgan fingerprint density at radius 2 is 0.950 bits per heavy atom. The quantitative estimate of drug-likeness (QED) is 0.489. The van der Waals surface area contributed by atoms with Crippen LogP contribution >= 0.6 is 31.9 Å². The van der Waals surface area contributed by atoms with Crippen molar-refractivity contribution in [2.24, 2.45) is 10.2 Å². The van der Waals surface area contributed by atoms with Gasteiger partial charge in [-0.15, -0.1) is 0 Å². The molecule has 0 atom stereocenters. The fourth-order valence-corrected chi connectivity index (χ4v) is 2.18. The summed E-state index contributed by atoms with van der Waals surface area (Å²) in [5, 5.41) is 8.60. The Morgan fingerprint density at radius 1 is 0.650 bits per heavy atom. The number of nitrogens with zero attached hydrogens (tertiary/aromatic N) is 2. The van der Waals surface area contributed by atoms with Crippen molar-refractivity contribution in [2.75, 3.05) is 0 Å². The highest BCUT2D eigenvalue weighted by atomic mass is 79.9. The third-order valence-electron chi connectivity index (χ3n) is 2.87. The minimum absolute atomic E-state index is 0.897. The van der Waals surface area contributed by atoms with Gasteiger partial charge < -0.3 is 0 Å². The number of rotatable bonds is 3. The molecule has 0 unspecified atom stereocenters. The van der Waals surface area contributed by atoms with Crippen LogP contribution < -0.4 is 0 Å². The summed E-state index contributed by atoms with van der Waals surface area (Å²) < 4.78 is 2.12. The number of hydrogen-bond acceptors (Lipinski definition) is 2. The zero-order valence-corrected chi connectivity index (χ0v) is 14.4. The van der Waals surface area contributed by atoms with Crippen molar-refractivity contribution in [3.8, 4) is 0 Å². The number of hydrogen-bond donors (Lipinski definition) is 0. The molecule has 2 aromatic carbocycles. The van der Waals surface area contributed by atoms with Gasteiger partial charge in [-0.1, -0.05) is 56.1 Å². The summed E-state index contributed by atoms with van der Waals surface area (Å²) in [5.41, 5.74) is 3.93. The predicted octanol–water partition coefficient (Wildman–Crippen LogP) is 5.44. The summed E-state index contributed by atoms with van der Waals surface area (Å²) >= 11 is 6.84. The second-order valence-corrected chi connectivity index (χ2v) is 6.22. The van der Waals surface area contributed by atoms with Crippen molar-refractivity contribution in [1.29, 1.82) is 0 Å². The summed E-state index contributed by atoms with van der Waals surface area (Å²) in [7, 11) is 0. The van der Waals surface area contributed by atoms with Crippen molar-refractivity contribution in [2.45, 2.75) is 13.8 Å². The molecule has 0 heterocycles. The maximum Gasteiger partial charge on any atom is 0.0671 e. The van der Waals surface area contributed by atoms with Crippen LogP contribution in [0.2, 0.25) is 0 Å². The first kappa shape index (κ1) is 15.1. The average Bonchev–Trinajstić information content (AvgIpc) is 2.46. The van der Waals surface area contributed by atoms with Crippen LogP contribution in [0.3, 0.4) is 0 Å². The van der Waals surface area contributed by atoms with E-state index in [1.54, 1.807) is 0 Å². The van der Waals surface area contributed by atoms with Crippen LogP contribution in [0.4, 0.5) is 0 Å². The van der Waals surface area contributed by atoms with E-state index in [0.717, 1.165) is 31.5 Å². The van der Waals surface area contributed by atoms with Crippen LogP contribution in [0.5, 0.6) is 0 Å². The monoisotopic (exact) mass is 392 g/mol. The molecule has 4 heteroatoms. The van der Waals surface area contributed by atoms with Crippen LogP contribution in [-0.2, 0) is 0 Å². The zero-order valence-electron chi connectivity index (χ0n) is 11.3. The van der Waals surface area contributed by atoms with E-state index in [0.29, 0.717) is 0 Å². The topological polar surface area (TPSA) is 24.7 Å². The molecule has 0 fully saturated rings. The van der Waals surface area contributed by atoms with Crippen molar-refractivity contribution in [1.82, 2.24) is 0 Å². The van der Waals surface area contributed by atoms with Crippen molar-refractivity contribution >= 4 is 43.3 Å². The van der Waals surface area contributed by atoms with E-state index in [2.05, 4.69) is 42.1 Å². The Kier molecular flexibility index (Phi) is 5.26. The maximum atomic E-state index is 4.30. The standard InChI is InChI=1S/C16H14Br2N2/c1-11(13-3-7-15(17)8-4-13)19-20-12(2)14-5-9-16(18)10-6-14/h3-10H,1-2H3. The molecular formula is C16H14Br2N2. The summed E-state index contributed by atoms with van der Waals surface area (Å²) in [4.78, 5) is 0. The Balaban J connectivity index is 2.19. The van der Waals surface area contributed by atoms with E-state index in [1.807, 2.05) is 62.4 Å². The molecule has 0 aliphatic rings. The zero-order chi connectivity index (χ0) is 14.5. The Labute approximate surface area is 135 Å². The highest BCUT2D eigenvalue weighted by molar-refractivity contribution is 9.10. The van der Waals surface area contributed by atoms with Crippen molar-refractivity contribution in [3.05, 3.63) is 68.6 Å². The third-order valence-corrected chi connectivity index (χ3v) is 3.93. The lowest BCUT2D eigenvalue weighted by Gasteiger charge is -2.01. The smallest absolute Gasteiger partial charge is 0.0671 e. The highest BCUT2D eigenvalue weighted by Crippen LogP contribution is 2.13. The number of benzene rings is 2. The van der Waals surface area contributed by atoms with Gasteiger partial charge in [0.2, 0.25) is 0 Å². The van der Waals surface area contributed by atoms with E-state index in [4.69, 9.17) is 0 Å². The SMILES string of the molecule is CC(=NN=C(C)c1ccc(Br)cc1)c1ccc(Br)cc1. The molecule has 0 saturated carbocycles. The van der Waals surface area contributed by atoms with Gasteiger partial charge in [0.1, 0.15) is 0 Å². The van der Waals surface area contributed by atoms with E-state index >= 15 is 0 Å². The van der Waals surface area contributed by atoms with Gasteiger partial charge in [-0.3, -0.25) is 0 Å². The largest absolute Gasteiger partial charge is 0.155 e.